The van der Waals surface area contributed by atoms with Gasteiger partial charge in [-0.2, -0.15) is 13.2 Å². The molecule has 0 aliphatic heterocycles. The fourth-order valence-corrected chi connectivity index (χ4v) is 2.49. The van der Waals surface area contributed by atoms with Crippen LogP contribution in [0.2, 0.25) is 5.02 Å². The first-order chi connectivity index (χ1) is 12.2. The minimum absolute atomic E-state index is 0.0139. The van der Waals surface area contributed by atoms with Gasteiger partial charge < -0.3 is 4.74 Å². The van der Waals surface area contributed by atoms with E-state index in [0.29, 0.717) is 17.3 Å². The summed E-state index contributed by atoms with van der Waals surface area (Å²) in [5.41, 5.74) is 1.75. The summed E-state index contributed by atoms with van der Waals surface area (Å²) in [5.74, 6) is 0. The van der Waals surface area contributed by atoms with Gasteiger partial charge in [0.2, 0.25) is 0 Å². The summed E-state index contributed by atoms with van der Waals surface area (Å²) in [7, 11) is 1.63. The van der Waals surface area contributed by atoms with Crippen LogP contribution in [0.4, 0.5) is 13.2 Å². The van der Waals surface area contributed by atoms with Crippen LogP contribution in [0.1, 0.15) is 22.6 Å². The molecule has 0 aliphatic rings. The molecule has 3 aromatic heterocycles. The fourth-order valence-electron chi connectivity index (χ4n) is 2.21. The third kappa shape index (κ3) is 5.12. The first kappa shape index (κ1) is 20.1. The highest BCUT2D eigenvalue weighted by Crippen LogP contribution is 2.30. The Balaban J connectivity index is 0.000000197. The monoisotopic (exact) mass is 383 g/mol. The van der Waals surface area contributed by atoms with Crippen molar-refractivity contribution < 1.29 is 17.9 Å². The number of halogens is 4. The molecule has 0 saturated carbocycles. The third-order valence-electron chi connectivity index (χ3n) is 3.42. The van der Waals surface area contributed by atoms with Crippen molar-refractivity contribution in [2.24, 2.45) is 0 Å². The number of rotatable bonds is 2. The second-order valence-corrected chi connectivity index (χ2v) is 5.89. The molecule has 0 spiro atoms. The van der Waals surface area contributed by atoms with E-state index in [-0.39, 0.29) is 5.69 Å². The van der Waals surface area contributed by atoms with E-state index in [4.69, 9.17) is 16.3 Å². The second-order valence-electron chi connectivity index (χ2n) is 5.49. The lowest BCUT2D eigenvalue weighted by Gasteiger charge is -2.07. The summed E-state index contributed by atoms with van der Waals surface area (Å²) >= 11 is 6.11. The number of pyridine rings is 3. The molecule has 0 aliphatic carbocycles. The molecule has 0 fully saturated rings. The number of aryl methyl sites for hydroxylation is 2. The molecule has 0 aromatic carbocycles. The van der Waals surface area contributed by atoms with E-state index in [0.717, 1.165) is 22.8 Å². The number of methoxy groups -OCH3 is 1. The highest BCUT2D eigenvalue weighted by Gasteiger charge is 2.32. The molecule has 0 amide bonds. The van der Waals surface area contributed by atoms with Gasteiger partial charge in [0.25, 0.3) is 0 Å². The molecule has 0 unspecified atom stereocenters. The van der Waals surface area contributed by atoms with E-state index in [1.807, 2.05) is 25.1 Å². The van der Waals surface area contributed by atoms with Gasteiger partial charge in [-0.25, -0.2) is 9.97 Å². The Morgan fingerprint density at radius 2 is 1.85 bits per heavy atom. The van der Waals surface area contributed by atoms with E-state index in [1.54, 1.807) is 7.11 Å². The van der Waals surface area contributed by atoms with Gasteiger partial charge in [0.1, 0.15) is 0 Å². The standard InChI is InChI=1S/C11H11ClN2O.C7H6F3N/c1-7-3-4-9-10(12)5-8(6-15-2)14-11(9)13-7;1-5-6(7(8,9)10)3-2-4-11-5/h3-5H,6H2,1-2H3;2-4H,1H3. The van der Waals surface area contributed by atoms with E-state index < -0.39 is 11.7 Å². The Kier molecular flexibility index (Phi) is 6.50. The Bertz CT molecular complexity index is 900. The van der Waals surface area contributed by atoms with E-state index in [1.165, 1.54) is 19.2 Å². The van der Waals surface area contributed by atoms with Gasteiger partial charge in [0, 0.05) is 30.1 Å². The maximum atomic E-state index is 12.0. The van der Waals surface area contributed by atoms with Gasteiger partial charge in [-0.05, 0) is 44.2 Å². The number of ether oxygens (including phenoxy) is 1. The van der Waals surface area contributed by atoms with Gasteiger partial charge in [-0.15, -0.1) is 0 Å². The normalized spacial score (nSPS) is 11.2. The van der Waals surface area contributed by atoms with Gasteiger partial charge in [0.05, 0.1) is 22.9 Å². The fraction of sp³-hybridized carbons (Fsp3) is 0.278. The Morgan fingerprint density at radius 3 is 2.42 bits per heavy atom. The van der Waals surface area contributed by atoms with Crippen molar-refractivity contribution in [3.05, 3.63) is 64.2 Å². The minimum Gasteiger partial charge on any atom is -0.378 e. The van der Waals surface area contributed by atoms with Crippen molar-refractivity contribution >= 4 is 22.6 Å². The smallest absolute Gasteiger partial charge is 0.378 e. The van der Waals surface area contributed by atoms with Crippen molar-refractivity contribution in [1.82, 2.24) is 15.0 Å². The van der Waals surface area contributed by atoms with Gasteiger partial charge >= 0.3 is 6.18 Å². The predicted molar refractivity (Wildman–Crippen MR) is 94.0 cm³/mol. The zero-order valence-corrected chi connectivity index (χ0v) is 15.2. The molecule has 8 heteroatoms. The topological polar surface area (TPSA) is 47.9 Å². The summed E-state index contributed by atoms with van der Waals surface area (Å²) in [5, 5.41) is 1.54. The number of alkyl halides is 3. The van der Waals surface area contributed by atoms with Crippen molar-refractivity contribution in [2.75, 3.05) is 7.11 Å². The number of hydrogen-bond donors (Lipinski definition) is 0. The quantitative estimate of drug-likeness (QED) is 0.614. The molecule has 3 aromatic rings. The molecule has 0 N–H and O–H groups in total. The summed E-state index contributed by atoms with van der Waals surface area (Å²) in [6.07, 6.45) is -2.94. The van der Waals surface area contributed by atoms with Gasteiger partial charge in [0.15, 0.2) is 5.65 Å². The Morgan fingerprint density at radius 1 is 1.12 bits per heavy atom. The summed E-state index contributed by atoms with van der Waals surface area (Å²) in [6, 6.07) is 7.96. The average Bonchev–Trinajstić information content (AvgIpc) is 2.54. The second kappa shape index (κ2) is 8.42. The first-order valence-electron chi connectivity index (χ1n) is 7.63. The predicted octanol–water partition coefficient (Wildman–Crippen LogP) is 5.15. The number of fused-ring (bicyclic) bond motifs is 1. The summed E-state index contributed by atoms with van der Waals surface area (Å²) in [4.78, 5) is 12.2. The molecular weight excluding hydrogens is 367 g/mol. The van der Waals surface area contributed by atoms with Crippen LogP contribution in [0.3, 0.4) is 0 Å². The van der Waals surface area contributed by atoms with Crippen LogP contribution in [0.15, 0.2) is 36.5 Å². The van der Waals surface area contributed by atoms with Crippen LogP contribution in [0, 0.1) is 13.8 Å². The van der Waals surface area contributed by atoms with Crippen LogP contribution in [0.25, 0.3) is 11.0 Å². The lowest BCUT2D eigenvalue weighted by atomic mass is 10.2. The van der Waals surface area contributed by atoms with Crippen LogP contribution < -0.4 is 0 Å². The lowest BCUT2D eigenvalue weighted by molar-refractivity contribution is -0.138. The lowest BCUT2D eigenvalue weighted by Crippen LogP contribution is -2.07. The van der Waals surface area contributed by atoms with Gasteiger partial charge in [-0.3, -0.25) is 4.98 Å². The van der Waals surface area contributed by atoms with E-state index >= 15 is 0 Å². The van der Waals surface area contributed by atoms with Crippen molar-refractivity contribution in [3.8, 4) is 0 Å². The van der Waals surface area contributed by atoms with Crippen molar-refractivity contribution in [2.45, 2.75) is 26.6 Å². The molecule has 26 heavy (non-hydrogen) atoms. The molecular formula is C18H17ClF3N3O. The molecule has 0 bridgehead atoms. The SMILES string of the molecule is COCc1cc(Cl)c2ccc(C)nc2n1.Cc1ncccc1C(F)(F)F. The van der Waals surface area contributed by atoms with Crippen LogP contribution in [-0.2, 0) is 17.5 Å². The molecule has 0 atom stereocenters. The molecule has 0 saturated heterocycles. The maximum absolute atomic E-state index is 12.0. The maximum Gasteiger partial charge on any atom is 0.418 e. The first-order valence-corrected chi connectivity index (χ1v) is 8.00. The van der Waals surface area contributed by atoms with Gasteiger partial charge in [-0.1, -0.05) is 11.6 Å². The zero-order valence-electron chi connectivity index (χ0n) is 14.4. The minimum atomic E-state index is -4.28. The number of hydrogen-bond acceptors (Lipinski definition) is 4. The summed E-state index contributed by atoms with van der Waals surface area (Å²) < 4.78 is 41.0. The van der Waals surface area contributed by atoms with Crippen LogP contribution >= 0.6 is 11.6 Å². The van der Waals surface area contributed by atoms with Crippen molar-refractivity contribution in [1.29, 1.82) is 0 Å². The highest BCUT2D eigenvalue weighted by molar-refractivity contribution is 6.35. The average molecular weight is 384 g/mol. The molecule has 138 valence electrons. The molecule has 0 radical (unpaired) electrons. The van der Waals surface area contributed by atoms with E-state index in [9.17, 15) is 13.2 Å². The Hall–Kier alpha value is -2.25. The largest absolute Gasteiger partial charge is 0.418 e. The Labute approximate surface area is 154 Å². The number of aromatic nitrogens is 3. The van der Waals surface area contributed by atoms with Crippen molar-refractivity contribution in [3.63, 3.8) is 0 Å². The third-order valence-corrected chi connectivity index (χ3v) is 3.73. The van der Waals surface area contributed by atoms with E-state index in [2.05, 4.69) is 15.0 Å². The number of nitrogens with zero attached hydrogens (tertiary/aromatic N) is 3. The van der Waals surface area contributed by atoms with Crippen LogP contribution in [-0.4, -0.2) is 22.1 Å². The summed E-state index contributed by atoms with van der Waals surface area (Å²) in [6.45, 7) is 3.71. The molecule has 3 heterocycles. The van der Waals surface area contributed by atoms with Crippen LogP contribution in [0.5, 0.6) is 0 Å². The zero-order chi connectivity index (χ0) is 19.3. The molecule has 4 nitrogen and oxygen atoms in total. The molecule has 3 rings (SSSR count). The highest BCUT2D eigenvalue weighted by atomic mass is 35.5.